The molecule has 0 unspecified atom stereocenters. The van der Waals surface area contributed by atoms with E-state index in [-0.39, 0.29) is 0 Å². The second-order valence-electron chi connectivity index (χ2n) is 4.14. The summed E-state index contributed by atoms with van der Waals surface area (Å²) < 4.78 is 53.5. The summed E-state index contributed by atoms with van der Waals surface area (Å²) in [5, 5.41) is 0. The number of nitrogens with one attached hydrogen (secondary N) is 1. The molecule has 2 aromatic carbocycles. The lowest BCUT2D eigenvalue weighted by molar-refractivity contribution is 0.551. The van der Waals surface area contributed by atoms with E-state index in [2.05, 4.69) is 20.7 Å². The van der Waals surface area contributed by atoms with Gasteiger partial charge in [0.2, 0.25) is 0 Å². The topological polar surface area (TPSA) is 46.2 Å². The van der Waals surface area contributed by atoms with Crippen molar-refractivity contribution >= 4 is 31.6 Å². The van der Waals surface area contributed by atoms with E-state index < -0.39 is 26.6 Å². The van der Waals surface area contributed by atoms with Gasteiger partial charge in [-0.3, -0.25) is 4.72 Å². The van der Waals surface area contributed by atoms with Crippen molar-refractivity contribution in [1.29, 1.82) is 0 Å². The molecule has 0 heterocycles. The number of halogens is 3. The maximum Gasteiger partial charge on any atom is 0.264 e. The summed E-state index contributed by atoms with van der Waals surface area (Å²) in [6.07, 6.45) is 0. The molecule has 0 saturated heterocycles. The van der Waals surface area contributed by atoms with Crippen LogP contribution >= 0.6 is 15.9 Å². The molecule has 20 heavy (non-hydrogen) atoms. The van der Waals surface area contributed by atoms with E-state index in [0.717, 1.165) is 22.2 Å². The van der Waals surface area contributed by atoms with Crippen molar-refractivity contribution in [1.82, 2.24) is 0 Å². The zero-order valence-corrected chi connectivity index (χ0v) is 12.7. The quantitative estimate of drug-likeness (QED) is 0.902. The molecule has 0 bridgehead atoms. The molecular weight excluding hydrogens is 352 g/mol. The molecule has 0 aromatic heterocycles. The van der Waals surface area contributed by atoms with Crippen LogP contribution in [0.4, 0.5) is 14.5 Å². The SMILES string of the molecule is Cc1cc(NS(=O)(=O)c2ccc(F)cc2F)ccc1Br. The third kappa shape index (κ3) is 3.16. The maximum absolute atomic E-state index is 13.5. The van der Waals surface area contributed by atoms with Crippen molar-refractivity contribution in [2.24, 2.45) is 0 Å². The number of hydrogen-bond acceptors (Lipinski definition) is 2. The zero-order chi connectivity index (χ0) is 14.9. The zero-order valence-electron chi connectivity index (χ0n) is 10.3. The van der Waals surface area contributed by atoms with E-state index in [9.17, 15) is 17.2 Å². The van der Waals surface area contributed by atoms with Crippen LogP contribution in [0.5, 0.6) is 0 Å². The van der Waals surface area contributed by atoms with Gasteiger partial charge in [0.25, 0.3) is 10.0 Å². The highest BCUT2D eigenvalue weighted by molar-refractivity contribution is 9.10. The van der Waals surface area contributed by atoms with E-state index in [1.54, 1.807) is 19.1 Å². The average molecular weight is 362 g/mol. The Morgan fingerprint density at radius 3 is 2.40 bits per heavy atom. The first kappa shape index (κ1) is 14.9. The van der Waals surface area contributed by atoms with Gasteiger partial charge in [0, 0.05) is 16.2 Å². The Morgan fingerprint density at radius 1 is 1.10 bits per heavy atom. The molecule has 2 aromatic rings. The smallest absolute Gasteiger partial charge is 0.264 e. The van der Waals surface area contributed by atoms with Crippen LogP contribution in [0.15, 0.2) is 45.8 Å². The lowest BCUT2D eigenvalue weighted by Gasteiger charge is -2.10. The molecule has 0 aliphatic heterocycles. The minimum absolute atomic E-state index is 0.300. The van der Waals surface area contributed by atoms with Crippen LogP contribution in [0.3, 0.4) is 0 Å². The predicted octanol–water partition coefficient (Wildman–Crippen LogP) is 3.84. The molecule has 0 aliphatic rings. The van der Waals surface area contributed by atoms with Crippen LogP contribution in [0.25, 0.3) is 0 Å². The fourth-order valence-corrected chi connectivity index (χ4v) is 2.97. The van der Waals surface area contributed by atoms with Crippen molar-refractivity contribution in [3.8, 4) is 0 Å². The standard InChI is InChI=1S/C13H10BrF2NO2S/c1-8-6-10(3-4-11(8)14)17-20(18,19)13-5-2-9(15)7-12(13)16/h2-7,17H,1H3. The van der Waals surface area contributed by atoms with E-state index in [0.29, 0.717) is 11.8 Å². The molecule has 0 spiro atoms. The number of aryl methyl sites for hydroxylation is 1. The molecule has 1 N–H and O–H groups in total. The first-order valence-corrected chi connectivity index (χ1v) is 7.81. The van der Waals surface area contributed by atoms with Crippen LogP contribution in [0.2, 0.25) is 0 Å². The van der Waals surface area contributed by atoms with Crippen LogP contribution in [0.1, 0.15) is 5.56 Å². The minimum Gasteiger partial charge on any atom is -0.280 e. The van der Waals surface area contributed by atoms with Crippen LogP contribution in [-0.2, 0) is 10.0 Å². The molecule has 0 radical (unpaired) electrons. The van der Waals surface area contributed by atoms with Gasteiger partial charge >= 0.3 is 0 Å². The van der Waals surface area contributed by atoms with Gasteiger partial charge in [-0.15, -0.1) is 0 Å². The predicted molar refractivity (Wildman–Crippen MR) is 76.0 cm³/mol. The summed E-state index contributed by atoms with van der Waals surface area (Å²) in [7, 11) is -4.10. The Hall–Kier alpha value is -1.47. The van der Waals surface area contributed by atoms with Gasteiger partial charge in [0.1, 0.15) is 16.5 Å². The van der Waals surface area contributed by atoms with Crippen molar-refractivity contribution < 1.29 is 17.2 Å². The summed E-state index contributed by atoms with van der Waals surface area (Å²) >= 11 is 3.29. The number of hydrogen-bond donors (Lipinski definition) is 1. The van der Waals surface area contributed by atoms with E-state index in [1.807, 2.05) is 0 Å². The Bertz CT molecular complexity index is 763. The molecule has 0 saturated carbocycles. The number of sulfonamides is 1. The van der Waals surface area contributed by atoms with Gasteiger partial charge in [-0.1, -0.05) is 15.9 Å². The minimum atomic E-state index is -4.10. The summed E-state index contributed by atoms with van der Waals surface area (Å²) in [6, 6.07) is 7.12. The fraction of sp³-hybridized carbons (Fsp3) is 0.0769. The van der Waals surface area contributed by atoms with Crippen molar-refractivity contribution in [2.75, 3.05) is 4.72 Å². The maximum atomic E-state index is 13.5. The van der Waals surface area contributed by atoms with Crippen LogP contribution < -0.4 is 4.72 Å². The normalized spacial score (nSPS) is 11.4. The number of rotatable bonds is 3. The monoisotopic (exact) mass is 361 g/mol. The Kier molecular flexibility index (Phi) is 4.10. The largest absolute Gasteiger partial charge is 0.280 e. The van der Waals surface area contributed by atoms with Crippen LogP contribution in [-0.4, -0.2) is 8.42 Å². The summed E-state index contributed by atoms with van der Waals surface area (Å²) in [5.41, 5.74) is 1.12. The Labute approximate surface area is 123 Å². The van der Waals surface area contributed by atoms with Crippen molar-refractivity contribution in [2.45, 2.75) is 11.8 Å². The molecular formula is C13H10BrF2NO2S. The first-order valence-electron chi connectivity index (χ1n) is 5.53. The molecule has 2 rings (SSSR count). The number of benzene rings is 2. The third-order valence-corrected chi connectivity index (χ3v) is 4.90. The first-order chi connectivity index (χ1) is 9.29. The van der Waals surface area contributed by atoms with Gasteiger partial charge in [-0.25, -0.2) is 17.2 Å². The highest BCUT2D eigenvalue weighted by atomic mass is 79.9. The molecule has 7 heteroatoms. The van der Waals surface area contributed by atoms with Gasteiger partial charge < -0.3 is 0 Å². The summed E-state index contributed by atoms with van der Waals surface area (Å²) in [5.74, 6) is -1.97. The molecule has 0 fully saturated rings. The summed E-state index contributed by atoms with van der Waals surface area (Å²) in [6.45, 7) is 1.79. The van der Waals surface area contributed by atoms with Crippen LogP contribution in [0, 0.1) is 18.6 Å². The second kappa shape index (κ2) is 5.49. The Morgan fingerprint density at radius 2 is 1.80 bits per heavy atom. The molecule has 0 atom stereocenters. The van der Waals surface area contributed by atoms with Gasteiger partial charge in [0.05, 0.1) is 0 Å². The van der Waals surface area contributed by atoms with Gasteiger partial charge in [0.15, 0.2) is 0 Å². The van der Waals surface area contributed by atoms with Crippen molar-refractivity contribution in [3.63, 3.8) is 0 Å². The highest BCUT2D eigenvalue weighted by Crippen LogP contribution is 2.23. The van der Waals surface area contributed by atoms with Gasteiger partial charge in [-0.05, 0) is 42.8 Å². The van der Waals surface area contributed by atoms with E-state index in [4.69, 9.17) is 0 Å². The van der Waals surface area contributed by atoms with Crippen molar-refractivity contribution in [3.05, 3.63) is 58.1 Å². The Balaban J connectivity index is 2.38. The van der Waals surface area contributed by atoms with Gasteiger partial charge in [-0.2, -0.15) is 0 Å². The van der Waals surface area contributed by atoms with E-state index in [1.165, 1.54) is 6.07 Å². The summed E-state index contributed by atoms with van der Waals surface area (Å²) in [4.78, 5) is -0.598. The second-order valence-corrected chi connectivity index (χ2v) is 6.65. The fourth-order valence-electron chi connectivity index (χ4n) is 1.61. The lowest BCUT2D eigenvalue weighted by Crippen LogP contribution is -2.14. The number of anilines is 1. The molecule has 0 amide bonds. The third-order valence-electron chi connectivity index (χ3n) is 2.59. The molecule has 0 aliphatic carbocycles. The average Bonchev–Trinajstić information content (AvgIpc) is 2.33. The highest BCUT2D eigenvalue weighted by Gasteiger charge is 2.19. The molecule has 3 nitrogen and oxygen atoms in total. The lowest BCUT2D eigenvalue weighted by atomic mass is 10.2. The molecule has 106 valence electrons. The van der Waals surface area contributed by atoms with E-state index >= 15 is 0 Å².